The highest BCUT2D eigenvalue weighted by Gasteiger charge is 2.15. The second kappa shape index (κ2) is 11.4. The highest BCUT2D eigenvalue weighted by atomic mass is 16.5. The lowest BCUT2D eigenvalue weighted by molar-refractivity contribution is 0.100. The van der Waals surface area contributed by atoms with Crippen LogP contribution in [0.15, 0.2) is 24.3 Å². The zero-order valence-corrected chi connectivity index (χ0v) is 14.4. The molecule has 1 saturated carbocycles. The van der Waals surface area contributed by atoms with Gasteiger partial charge in [0.1, 0.15) is 12.4 Å². The molecule has 1 fully saturated rings. The van der Waals surface area contributed by atoms with Crippen molar-refractivity contribution in [2.45, 2.75) is 38.0 Å². The molecule has 0 aromatic heterocycles. The van der Waals surface area contributed by atoms with E-state index in [4.69, 9.17) is 14.2 Å². The Morgan fingerprint density at radius 3 is 2.39 bits per heavy atom. The first kappa shape index (κ1) is 18.2. The molecule has 0 bridgehead atoms. The van der Waals surface area contributed by atoms with E-state index >= 15 is 0 Å². The summed E-state index contributed by atoms with van der Waals surface area (Å²) in [6, 6.07) is 8.64. The van der Waals surface area contributed by atoms with Gasteiger partial charge >= 0.3 is 0 Å². The van der Waals surface area contributed by atoms with E-state index in [0.717, 1.165) is 31.4 Å². The summed E-state index contributed by atoms with van der Waals surface area (Å²) in [5, 5.41) is 3.24. The Bertz CT molecular complexity index is 402. The monoisotopic (exact) mass is 321 g/mol. The van der Waals surface area contributed by atoms with Gasteiger partial charge in [0, 0.05) is 20.2 Å². The first-order valence-corrected chi connectivity index (χ1v) is 8.90. The Morgan fingerprint density at radius 1 is 0.913 bits per heavy atom. The quantitative estimate of drug-likeness (QED) is 0.634. The number of rotatable bonds is 11. The van der Waals surface area contributed by atoms with Crippen molar-refractivity contribution in [2.75, 3.05) is 46.6 Å². The first-order chi connectivity index (χ1) is 11.4. The highest BCUT2D eigenvalue weighted by Crippen LogP contribution is 2.33. The highest BCUT2D eigenvalue weighted by molar-refractivity contribution is 5.29. The van der Waals surface area contributed by atoms with Crippen molar-refractivity contribution in [1.29, 1.82) is 0 Å². The van der Waals surface area contributed by atoms with Gasteiger partial charge in [0.25, 0.3) is 0 Å². The molecule has 0 saturated heterocycles. The zero-order chi connectivity index (χ0) is 16.2. The maximum absolute atomic E-state index is 5.73. The van der Waals surface area contributed by atoms with Crippen LogP contribution in [0.25, 0.3) is 0 Å². The summed E-state index contributed by atoms with van der Waals surface area (Å²) < 4.78 is 16.2. The van der Waals surface area contributed by atoms with Crippen molar-refractivity contribution >= 4 is 0 Å². The van der Waals surface area contributed by atoms with Crippen molar-refractivity contribution < 1.29 is 14.2 Å². The fourth-order valence-electron chi connectivity index (χ4n) is 3.04. The minimum Gasteiger partial charge on any atom is -0.491 e. The van der Waals surface area contributed by atoms with Crippen LogP contribution in [-0.2, 0) is 9.47 Å². The molecule has 1 aliphatic rings. The second-order valence-corrected chi connectivity index (χ2v) is 6.11. The summed E-state index contributed by atoms with van der Waals surface area (Å²) in [5.41, 5.74) is 1.47. The molecule has 1 aliphatic carbocycles. The lowest BCUT2D eigenvalue weighted by atomic mass is 9.84. The van der Waals surface area contributed by atoms with Crippen molar-refractivity contribution in [3.63, 3.8) is 0 Å². The van der Waals surface area contributed by atoms with E-state index in [0.29, 0.717) is 19.8 Å². The lowest BCUT2D eigenvalue weighted by Gasteiger charge is -2.22. The Balaban J connectivity index is 1.54. The molecule has 23 heavy (non-hydrogen) atoms. The minimum absolute atomic E-state index is 0.598. The Hall–Kier alpha value is -1.10. The van der Waals surface area contributed by atoms with Crippen molar-refractivity contribution in [3.8, 4) is 5.75 Å². The lowest BCUT2D eigenvalue weighted by Crippen LogP contribution is -2.24. The van der Waals surface area contributed by atoms with Crippen LogP contribution in [0.4, 0.5) is 0 Å². The molecular weight excluding hydrogens is 290 g/mol. The number of benzene rings is 1. The summed E-state index contributed by atoms with van der Waals surface area (Å²) in [6.07, 6.45) is 6.83. The molecule has 4 nitrogen and oxygen atoms in total. The van der Waals surface area contributed by atoms with E-state index in [-0.39, 0.29) is 0 Å². The van der Waals surface area contributed by atoms with Crippen molar-refractivity contribution in [2.24, 2.45) is 0 Å². The smallest absolute Gasteiger partial charge is 0.119 e. The molecule has 0 unspecified atom stereocenters. The summed E-state index contributed by atoms with van der Waals surface area (Å²) in [5.74, 6) is 1.69. The van der Waals surface area contributed by atoms with Gasteiger partial charge < -0.3 is 19.5 Å². The topological polar surface area (TPSA) is 39.7 Å². The molecule has 1 N–H and O–H groups in total. The predicted octanol–water partition coefficient (Wildman–Crippen LogP) is 3.37. The van der Waals surface area contributed by atoms with E-state index in [9.17, 15) is 0 Å². The van der Waals surface area contributed by atoms with Gasteiger partial charge in [0.15, 0.2) is 0 Å². The predicted molar refractivity (Wildman–Crippen MR) is 93.3 cm³/mol. The molecule has 2 rings (SSSR count). The Morgan fingerprint density at radius 2 is 1.65 bits per heavy atom. The molecule has 0 amide bonds. The van der Waals surface area contributed by atoms with Gasteiger partial charge in [-0.15, -0.1) is 0 Å². The number of hydrogen-bond acceptors (Lipinski definition) is 4. The van der Waals surface area contributed by atoms with E-state index < -0.39 is 0 Å². The third-order valence-electron chi connectivity index (χ3n) is 4.36. The maximum atomic E-state index is 5.73. The third kappa shape index (κ3) is 7.34. The molecular formula is C19H31NO3. The fourth-order valence-corrected chi connectivity index (χ4v) is 3.04. The van der Waals surface area contributed by atoms with E-state index in [2.05, 4.69) is 29.6 Å². The van der Waals surface area contributed by atoms with Gasteiger partial charge in [-0.1, -0.05) is 31.4 Å². The number of nitrogens with one attached hydrogen (secondary N) is 1. The van der Waals surface area contributed by atoms with Gasteiger partial charge in [-0.3, -0.25) is 0 Å². The van der Waals surface area contributed by atoms with Crippen LogP contribution in [0.5, 0.6) is 5.75 Å². The molecule has 1 aromatic rings. The molecule has 0 radical (unpaired) electrons. The molecule has 0 atom stereocenters. The zero-order valence-electron chi connectivity index (χ0n) is 14.4. The fraction of sp³-hybridized carbons (Fsp3) is 0.684. The molecule has 4 heteroatoms. The minimum atomic E-state index is 0.598. The standard InChI is InChI=1S/C19H31NO3/c1-21-13-11-20-12-14-22-15-16-23-19-9-7-18(8-10-19)17-5-3-2-4-6-17/h7-10,17,20H,2-6,11-16H2,1H3. The second-order valence-electron chi connectivity index (χ2n) is 6.11. The van der Waals surface area contributed by atoms with E-state index in [1.165, 1.54) is 37.7 Å². The summed E-state index contributed by atoms with van der Waals surface area (Å²) in [7, 11) is 1.71. The molecule has 0 spiro atoms. The molecule has 1 aromatic carbocycles. The van der Waals surface area contributed by atoms with Crippen LogP contribution in [0.2, 0.25) is 0 Å². The van der Waals surface area contributed by atoms with Crippen molar-refractivity contribution in [3.05, 3.63) is 29.8 Å². The van der Waals surface area contributed by atoms with Gasteiger partial charge in [0.05, 0.1) is 19.8 Å². The summed E-state index contributed by atoms with van der Waals surface area (Å²) in [4.78, 5) is 0. The maximum Gasteiger partial charge on any atom is 0.119 e. The van der Waals surface area contributed by atoms with Crippen LogP contribution >= 0.6 is 0 Å². The first-order valence-electron chi connectivity index (χ1n) is 8.90. The van der Waals surface area contributed by atoms with Gasteiger partial charge in [-0.2, -0.15) is 0 Å². The Kier molecular flexibility index (Phi) is 9.07. The van der Waals surface area contributed by atoms with Crippen molar-refractivity contribution in [1.82, 2.24) is 5.32 Å². The molecule has 0 aliphatic heterocycles. The molecule has 0 heterocycles. The normalized spacial score (nSPS) is 15.7. The van der Waals surface area contributed by atoms with Crippen LogP contribution < -0.4 is 10.1 Å². The number of hydrogen-bond donors (Lipinski definition) is 1. The van der Waals surface area contributed by atoms with Crippen LogP contribution in [0.1, 0.15) is 43.6 Å². The SMILES string of the molecule is COCCNCCOCCOc1ccc(C2CCCCC2)cc1. The van der Waals surface area contributed by atoms with Crippen LogP contribution in [0, 0.1) is 0 Å². The summed E-state index contributed by atoms with van der Waals surface area (Å²) in [6.45, 7) is 4.37. The third-order valence-corrected chi connectivity index (χ3v) is 4.36. The summed E-state index contributed by atoms with van der Waals surface area (Å²) >= 11 is 0. The Labute approximate surface area is 140 Å². The van der Waals surface area contributed by atoms with Gasteiger partial charge in [-0.25, -0.2) is 0 Å². The number of ether oxygens (including phenoxy) is 3. The van der Waals surface area contributed by atoms with Gasteiger partial charge in [0.2, 0.25) is 0 Å². The van der Waals surface area contributed by atoms with E-state index in [1.807, 2.05) is 0 Å². The van der Waals surface area contributed by atoms with Crippen LogP contribution in [-0.4, -0.2) is 46.6 Å². The molecule has 130 valence electrons. The van der Waals surface area contributed by atoms with Crippen LogP contribution in [0.3, 0.4) is 0 Å². The average molecular weight is 321 g/mol. The van der Waals surface area contributed by atoms with E-state index in [1.54, 1.807) is 7.11 Å². The number of methoxy groups -OCH3 is 1. The largest absolute Gasteiger partial charge is 0.491 e. The van der Waals surface area contributed by atoms with Gasteiger partial charge in [-0.05, 0) is 36.5 Å². The average Bonchev–Trinajstić information content (AvgIpc) is 2.62.